The van der Waals surface area contributed by atoms with Gasteiger partial charge < -0.3 is 15.7 Å². The number of hydrogen-bond acceptors (Lipinski definition) is 3. The molecule has 6 nitrogen and oxygen atoms in total. The van der Waals surface area contributed by atoms with Gasteiger partial charge in [0.2, 0.25) is 0 Å². The summed E-state index contributed by atoms with van der Waals surface area (Å²) in [4.78, 5) is 11.8. The minimum atomic E-state index is -1.23. The first kappa shape index (κ1) is 16.0. The Morgan fingerprint density at radius 2 is 2.23 bits per heavy atom. The van der Waals surface area contributed by atoms with E-state index in [0.29, 0.717) is 16.8 Å². The van der Waals surface area contributed by atoms with Gasteiger partial charge in [-0.15, -0.1) is 0 Å². The Kier molecular flexibility index (Phi) is 4.46. The number of nitrogens with one attached hydrogen (secondary N) is 2. The lowest BCUT2D eigenvalue weighted by atomic mass is 10.00. The van der Waals surface area contributed by atoms with Crippen LogP contribution in [-0.2, 0) is 12.6 Å². The van der Waals surface area contributed by atoms with Crippen LogP contribution in [0.2, 0.25) is 0 Å². The summed E-state index contributed by atoms with van der Waals surface area (Å²) in [5.74, 6) is -0.328. The number of carbonyl (C=O) groups excluding carboxylic acids is 1. The number of anilines is 1. The van der Waals surface area contributed by atoms with Gasteiger partial charge in [-0.2, -0.15) is 5.10 Å². The summed E-state index contributed by atoms with van der Waals surface area (Å²) < 4.78 is 14.7. The Balaban J connectivity index is 1.93. The minimum absolute atomic E-state index is 0.0186. The minimum Gasteiger partial charge on any atom is -0.383 e. The van der Waals surface area contributed by atoms with Gasteiger partial charge in [-0.1, -0.05) is 0 Å². The number of nitrogens with zero attached hydrogens (tertiary/aromatic N) is 2. The van der Waals surface area contributed by atoms with E-state index in [0.717, 1.165) is 0 Å². The first-order chi connectivity index (χ1) is 10.3. The number of aryl methyl sites for hydroxylation is 2. The number of hydrogen-bond donors (Lipinski definition) is 3. The third-order valence-corrected chi connectivity index (χ3v) is 3.34. The van der Waals surface area contributed by atoms with Crippen molar-refractivity contribution in [1.82, 2.24) is 15.1 Å². The van der Waals surface area contributed by atoms with Gasteiger partial charge in [-0.3, -0.25) is 4.68 Å². The maximum absolute atomic E-state index is 13.2. The van der Waals surface area contributed by atoms with E-state index in [2.05, 4.69) is 15.7 Å². The molecular formula is C15H19FN4O2. The molecule has 22 heavy (non-hydrogen) atoms. The second-order valence-electron chi connectivity index (χ2n) is 5.45. The van der Waals surface area contributed by atoms with E-state index < -0.39 is 11.6 Å². The van der Waals surface area contributed by atoms with Crippen LogP contribution in [0.25, 0.3) is 0 Å². The highest BCUT2D eigenvalue weighted by molar-refractivity contribution is 5.89. The number of rotatable bonds is 4. The van der Waals surface area contributed by atoms with E-state index in [4.69, 9.17) is 0 Å². The summed E-state index contributed by atoms with van der Waals surface area (Å²) in [5, 5.41) is 19.5. The quantitative estimate of drug-likeness (QED) is 0.807. The first-order valence-corrected chi connectivity index (χ1v) is 6.80. The number of benzene rings is 1. The molecule has 2 rings (SSSR count). The fourth-order valence-corrected chi connectivity index (χ4v) is 1.95. The zero-order valence-corrected chi connectivity index (χ0v) is 12.7. The normalized spacial score (nSPS) is 13.5. The molecule has 1 heterocycles. The molecular weight excluding hydrogens is 287 g/mol. The van der Waals surface area contributed by atoms with Gasteiger partial charge >= 0.3 is 6.03 Å². The largest absolute Gasteiger partial charge is 0.383 e. The van der Waals surface area contributed by atoms with Crippen molar-refractivity contribution >= 4 is 11.7 Å². The molecule has 0 saturated carbocycles. The lowest BCUT2D eigenvalue weighted by Crippen LogP contribution is -2.40. The van der Waals surface area contributed by atoms with Crippen molar-refractivity contribution in [2.45, 2.75) is 19.4 Å². The molecule has 0 aliphatic heterocycles. The van der Waals surface area contributed by atoms with Gasteiger partial charge in [0.15, 0.2) is 0 Å². The van der Waals surface area contributed by atoms with Gasteiger partial charge in [0.25, 0.3) is 0 Å². The zero-order chi connectivity index (χ0) is 16.3. The van der Waals surface area contributed by atoms with Gasteiger partial charge in [0.05, 0.1) is 12.7 Å². The van der Waals surface area contributed by atoms with Crippen LogP contribution in [0, 0.1) is 12.7 Å². The standard InChI is InChI=1S/C15H19FN4O2/c1-10-6-12(4-5-13(10)16)19-14(21)17-9-15(2,22)11-7-18-20(3)8-11/h4-8,22H,9H2,1-3H3,(H2,17,19,21). The van der Waals surface area contributed by atoms with Crippen molar-refractivity contribution in [2.24, 2.45) is 7.05 Å². The average Bonchev–Trinajstić information content (AvgIpc) is 2.88. The highest BCUT2D eigenvalue weighted by Gasteiger charge is 2.25. The predicted octanol–water partition coefficient (Wildman–Crippen LogP) is 1.90. The van der Waals surface area contributed by atoms with Crippen molar-refractivity contribution < 1.29 is 14.3 Å². The third-order valence-electron chi connectivity index (χ3n) is 3.34. The monoisotopic (exact) mass is 306 g/mol. The van der Waals surface area contributed by atoms with Crippen molar-refractivity contribution in [3.63, 3.8) is 0 Å². The molecule has 1 atom stereocenters. The van der Waals surface area contributed by atoms with Crippen LogP contribution in [0.5, 0.6) is 0 Å². The molecule has 0 bridgehead atoms. The van der Waals surface area contributed by atoms with Crippen molar-refractivity contribution in [1.29, 1.82) is 0 Å². The number of urea groups is 1. The molecule has 3 N–H and O–H groups in total. The van der Waals surface area contributed by atoms with Gasteiger partial charge in [-0.05, 0) is 37.6 Å². The predicted molar refractivity (Wildman–Crippen MR) is 80.9 cm³/mol. The van der Waals surface area contributed by atoms with E-state index in [1.165, 1.54) is 18.2 Å². The summed E-state index contributed by atoms with van der Waals surface area (Å²) in [6, 6.07) is 3.82. The molecule has 118 valence electrons. The van der Waals surface area contributed by atoms with Crippen molar-refractivity contribution in [2.75, 3.05) is 11.9 Å². The number of aromatic nitrogens is 2. The smallest absolute Gasteiger partial charge is 0.319 e. The SMILES string of the molecule is Cc1cc(NC(=O)NCC(C)(O)c2cnn(C)c2)ccc1F. The molecule has 2 amide bonds. The molecule has 0 fully saturated rings. The molecule has 7 heteroatoms. The van der Waals surface area contributed by atoms with Crippen LogP contribution in [0.15, 0.2) is 30.6 Å². The summed E-state index contributed by atoms with van der Waals surface area (Å²) in [5.41, 5.74) is 0.301. The molecule has 1 aromatic heterocycles. The molecule has 0 aliphatic rings. The zero-order valence-electron chi connectivity index (χ0n) is 12.7. The molecule has 0 saturated heterocycles. The topological polar surface area (TPSA) is 79.2 Å². The lowest BCUT2D eigenvalue weighted by Gasteiger charge is -2.22. The van der Waals surface area contributed by atoms with E-state index >= 15 is 0 Å². The Labute approximate surface area is 128 Å². The maximum Gasteiger partial charge on any atom is 0.319 e. The summed E-state index contributed by atoms with van der Waals surface area (Å²) in [6.45, 7) is 3.22. The lowest BCUT2D eigenvalue weighted by molar-refractivity contribution is 0.0599. The summed E-state index contributed by atoms with van der Waals surface area (Å²) in [6.07, 6.45) is 3.23. The van der Waals surface area contributed by atoms with E-state index in [1.54, 1.807) is 38.0 Å². The molecule has 0 aliphatic carbocycles. The molecule has 0 radical (unpaired) electrons. The molecule has 1 aromatic carbocycles. The molecule has 2 aromatic rings. The summed E-state index contributed by atoms with van der Waals surface area (Å²) in [7, 11) is 1.75. The van der Waals surface area contributed by atoms with Crippen LogP contribution in [-0.4, -0.2) is 27.5 Å². The fourth-order valence-electron chi connectivity index (χ4n) is 1.95. The Hall–Kier alpha value is -2.41. The Bertz CT molecular complexity index is 682. The number of amides is 2. The maximum atomic E-state index is 13.2. The van der Waals surface area contributed by atoms with Gasteiger partial charge in [-0.25, -0.2) is 9.18 Å². The first-order valence-electron chi connectivity index (χ1n) is 6.80. The van der Waals surface area contributed by atoms with E-state index in [-0.39, 0.29) is 12.4 Å². The van der Waals surface area contributed by atoms with Gasteiger partial charge in [0.1, 0.15) is 11.4 Å². The van der Waals surface area contributed by atoms with Crippen LogP contribution in [0.4, 0.5) is 14.9 Å². The van der Waals surface area contributed by atoms with Crippen molar-refractivity contribution in [3.05, 3.63) is 47.5 Å². The van der Waals surface area contributed by atoms with Crippen LogP contribution < -0.4 is 10.6 Å². The summed E-state index contributed by atoms with van der Waals surface area (Å²) >= 11 is 0. The van der Waals surface area contributed by atoms with E-state index in [9.17, 15) is 14.3 Å². The number of aliphatic hydroxyl groups is 1. The van der Waals surface area contributed by atoms with Crippen LogP contribution >= 0.6 is 0 Å². The Morgan fingerprint density at radius 3 is 2.82 bits per heavy atom. The molecule has 0 spiro atoms. The second kappa shape index (κ2) is 6.15. The van der Waals surface area contributed by atoms with Crippen molar-refractivity contribution in [3.8, 4) is 0 Å². The second-order valence-corrected chi connectivity index (χ2v) is 5.45. The highest BCUT2D eigenvalue weighted by atomic mass is 19.1. The number of carbonyl (C=O) groups is 1. The van der Waals surface area contributed by atoms with Crippen LogP contribution in [0.1, 0.15) is 18.1 Å². The van der Waals surface area contributed by atoms with Gasteiger partial charge in [0, 0.05) is 24.5 Å². The fraction of sp³-hybridized carbons (Fsp3) is 0.333. The van der Waals surface area contributed by atoms with Crippen LogP contribution in [0.3, 0.4) is 0 Å². The molecule has 1 unspecified atom stereocenters. The highest BCUT2D eigenvalue weighted by Crippen LogP contribution is 2.18. The van der Waals surface area contributed by atoms with E-state index in [1.807, 2.05) is 0 Å². The average molecular weight is 306 g/mol. The third kappa shape index (κ3) is 3.82. The number of halogens is 1. The Morgan fingerprint density at radius 1 is 1.50 bits per heavy atom.